The lowest BCUT2D eigenvalue weighted by Gasteiger charge is -2.24. The number of fused-ring (bicyclic) bond motifs is 1. The summed E-state index contributed by atoms with van der Waals surface area (Å²) in [6.45, 7) is 3.35. The average Bonchev–Trinajstić information content (AvgIpc) is 3.13. The lowest BCUT2D eigenvalue weighted by Crippen LogP contribution is -2.36. The third kappa shape index (κ3) is 6.82. The summed E-state index contributed by atoms with van der Waals surface area (Å²) in [6, 6.07) is 12.8. The van der Waals surface area contributed by atoms with Crippen LogP contribution in [0.2, 0.25) is 0 Å². The van der Waals surface area contributed by atoms with E-state index in [2.05, 4.69) is 0 Å². The molecule has 0 aliphatic carbocycles. The molecule has 11 heteroatoms. The van der Waals surface area contributed by atoms with Gasteiger partial charge in [-0.1, -0.05) is 24.3 Å². The van der Waals surface area contributed by atoms with Gasteiger partial charge in [0.15, 0.2) is 0 Å². The van der Waals surface area contributed by atoms with Crippen molar-refractivity contribution in [1.82, 2.24) is 14.5 Å². The molecule has 0 radical (unpaired) electrons. The van der Waals surface area contributed by atoms with Crippen LogP contribution in [-0.2, 0) is 32.5 Å². The predicted molar refractivity (Wildman–Crippen MR) is 142 cm³/mol. The van der Waals surface area contributed by atoms with Crippen LogP contribution in [0.4, 0.5) is 5.69 Å². The van der Waals surface area contributed by atoms with E-state index in [4.69, 9.17) is 20.9 Å². The maximum absolute atomic E-state index is 12.5. The number of amidine groups is 1. The van der Waals surface area contributed by atoms with Crippen LogP contribution in [0.15, 0.2) is 42.5 Å². The van der Waals surface area contributed by atoms with Gasteiger partial charge in [-0.25, -0.2) is 13.4 Å². The summed E-state index contributed by atoms with van der Waals surface area (Å²) in [5.74, 6) is 0.446. The molecule has 194 valence electrons. The molecular weight excluding hydrogens is 480 g/mol. The Morgan fingerprint density at radius 1 is 1.14 bits per heavy atom. The highest BCUT2D eigenvalue weighted by molar-refractivity contribution is 7.92. The van der Waals surface area contributed by atoms with Crippen molar-refractivity contribution in [2.75, 3.05) is 44.4 Å². The van der Waals surface area contributed by atoms with Gasteiger partial charge in [-0.15, -0.1) is 0 Å². The van der Waals surface area contributed by atoms with E-state index in [0.717, 1.165) is 16.9 Å². The van der Waals surface area contributed by atoms with Gasteiger partial charge in [0, 0.05) is 31.6 Å². The fourth-order valence-corrected chi connectivity index (χ4v) is 4.82. The summed E-state index contributed by atoms with van der Waals surface area (Å²) in [6.07, 6.45) is 1.87. The molecular formula is C25H34N6O4S. The molecule has 0 aliphatic heterocycles. The second-order valence-electron chi connectivity index (χ2n) is 8.83. The Labute approximate surface area is 212 Å². The first-order chi connectivity index (χ1) is 17.0. The minimum Gasteiger partial charge on any atom is -0.466 e. The number of nitrogens with one attached hydrogen (secondary N) is 1. The molecule has 36 heavy (non-hydrogen) atoms. The highest BCUT2D eigenvalue weighted by Gasteiger charge is 2.20. The number of nitrogens with two attached hydrogens (primary N) is 1. The Balaban J connectivity index is 2.01. The number of carbonyl (C=O) groups excluding carboxylic acids is 1. The molecule has 2 aromatic carbocycles. The molecule has 0 bridgehead atoms. The number of nitrogens with zero attached hydrogens (tertiary/aromatic N) is 4. The number of benzene rings is 2. The molecule has 1 heterocycles. The number of imidazole rings is 1. The van der Waals surface area contributed by atoms with Crippen LogP contribution in [0.25, 0.3) is 11.0 Å². The highest BCUT2D eigenvalue weighted by Crippen LogP contribution is 2.26. The largest absolute Gasteiger partial charge is 0.466 e. The minimum absolute atomic E-state index is 0.000419. The number of likely N-dealkylation sites (N-methyl/N-ethyl adjacent to an activating group) is 1. The molecule has 3 aromatic rings. The second kappa shape index (κ2) is 11.5. The van der Waals surface area contributed by atoms with Crippen molar-refractivity contribution in [3.63, 3.8) is 0 Å². The van der Waals surface area contributed by atoms with Gasteiger partial charge in [0.2, 0.25) is 10.0 Å². The molecule has 0 unspecified atom stereocenters. The number of aromatic nitrogens is 2. The lowest BCUT2D eigenvalue weighted by atomic mass is 10.1. The van der Waals surface area contributed by atoms with Gasteiger partial charge < -0.3 is 19.9 Å². The quantitative estimate of drug-likeness (QED) is 0.215. The first-order valence-electron chi connectivity index (χ1n) is 11.7. The molecule has 0 atom stereocenters. The summed E-state index contributed by atoms with van der Waals surface area (Å²) >= 11 is 0. The fourth-order valence-electron chi connectivity index (χ4n) is 3.91. The number of nitrogen functional groups attached to an aromatic ring is 1. The lowest BCUT2D eigenvalue weighted by molar-refractivity contribution is -0.143. The Kier molecular flexibility index (Phi) is 8.70. The van der Waals surface area contributed by atoms with Crippen molar-refractivity contribution in [2.24, 2.45) is 5.73 Å². The molecule has 3 rings (SSSR count). The summed E-state index contributed by atoms with van der Waals surface area (Å²) in [4.78, 5) is 18.8. The third-order valence-electron chi connectivity index (χ3n) is 5.72. The zero-order valence-corrected chi connectivity index (χ0v) is 22.0. The predicted octanol–water partition coefficient (Wildman–Crippen LogP) is 2.19. The first kappa shape index (κ1) is 27.2. The maximum atomic E-state index is 12.5. The molecule has 0 amide bonds. The van der Waals surface area contributed by atoms with Gasteiger partial charge in [0.25, 0.3) is 0 Å². The summed E-state index contributed by atoms with van der Waals surface area (Å²) in [5, 5.41) is 7.58. The standard InChI is InChI=1S/C25H34N6O4S/c1-5-35-24(32)12-13-30-22-11-10-20(31(36(4,33)34)15-14-29(2)3)17-21(22)28-23(30)16-18-6-8-19(9-7-18)25(26)27/h6-11,17H,5,12-16H2,1-4H3,(H3,26,27). The minimum atomic E-state index is -3.49. The third-order valence-corrected chi connectivity index (χ3v) is 6.92. The van der Waals surface area contributed by atoms with E-state index in [1.54, 1.807) is 31.2 Å². The van der Waals surface area contributed by atoms with Crippen LogP contribution in [0.1, 0.15) is 30.3 Å². The number of esters is 1. The summed E-state index contributed by atoms with van der Waals surface area (Å²) in [7, 11) is 0.296. The van der Waals surface area contributed by atoms with Gasteiger partial charge in [-0.3, -0.25) is 14.5 Å². The van der Waals surface area contributed by atoms with Crippen LogP contribution in [0.5, 0.6) is 0 Å². The fraction of sp³-hybridized carbons (Fsp3) is 0.400. The highest BCUT2D eigenvalue weighted by atomic mass is 32.2. The van der Waals surface area contributed by atoms with Crippen molar-refractivity contribution in [3.8, 4) is 0 Å². The summed E-state index contributed by atoms with van der Waals surface area (Å²) in [5.41, 5.74) is 9.16. The molecule has 0 aliphatic rings. The van der Waals surface area contributed by atoms with Crippen molar-refractivity contribution >= 4 is 38.5 Å². The SMILES string of the molecule is CCOC(=O)CCn1c(Cc2ccc(C(=N)N)cc2)nc2cc(N(CCN(C)C)S(C)(=O)=O)ccc21. The zero-order valence-electron chi connectivity index (χ0n) is 21.2. The Morgan fingerprint density at radius 3 is 2.42 bits per heavy atom. The van der Waals surface area contributed by atoms with Gasteiger partial charge in [0.05, 0.1) is 36.0 Å². The second-order valence-corrected chi connectivity index (χ2v) is 10.7. The molecule has 0 saturated heterocycles. The normalized spacial score (nSPS) is 11.7. The topological polar surface area (TPSA) is 135 Å². The number of hydrogen-bond acceptors (Lipinski definition) is 7. The molecule has 0 fully saturated rings. The smallest absolute Gasteiger partial charge is 0.307 e. The number of carbonyl (C=O) groups is 1. The van der Waals surface area contributed by atoms with E-state index >= 15 is 0 Å². The van der Waals surface area contributed by atoms with Gasteiger partial charge in [0.1, 0.15) is 11.7 Å². The molecule has 0 spiro atoms. The van der Waals surface area contributed by atoms with E-state index in [-0.39, 0.29) is 18.2 Å². The van der Waals surface area contributed by atoms with Crippen LogP contribution >= 0.6 is 0 Å². The van der Waals surface area contributed by atoms with Crippen molar-refractivity contribution in [1.29, 1.82) is 5.41 Å². The van der Waals surface area contributed by atoms with Crippen LogP contribution in [-0.4, -0.2) is 74.7 Å². The first-order valence-corrected chi connectivity index (χ1v) is 13.5. The number of anilines is 1. The molecule has 1 aromatic heterocycles. The Hall–Kier alpha value is -3.44. The van der Waals surface area contributed by atoms with Gasteiger partial charge >= 0.3 is 5.97 Å². The van der Waals surface area contributed by atoms with Crippen molar-refractivity contribution in [3.05, 3.63) is 59.4 Å². The molecule has 0 saturated carbocycles. The van der Waals surface area contributed by atoms with E-state index in [1.165, 1.54) is 10.6 Å². The maximum Gasteiger partial charge on any atom is 0.307 e. The van der Waals surface area contributed by atoms with Crippen molar-refractivity contribution in [2.45, 2.75) is 26.3 Å². The van der Waals surface area contributed by atoms with E-state index in [1.807, 2.05) is 41.8 Å². The Bertz CT molecular complexity index is 1330. The Morgan fingerprint density at radius 2 is 1.83 bits per heavy atom. The average molecular weight is 515 g/mol. The number of ether oxygens (including phenoxy) is 1. The van der Waals surface area contributed by atoms with Crippen LogP contribution in [0.3, 0.4) is 0 Å². The number of hydrogen-bond donors (Lipinski definition) is 2. The van der Waals surface area contributed by atoms with Gasteiger partial charge in [-0.2, -0.15) is 0 Å². The van der Waals surface area contributed by atoms with Crippen LogP contribution < -0.4 is 10.0 Å². The van der Waals surface area contributed by atoms with Crippen molar-refractivity contribution < 1.29 is 17.9 Å². The monoisotopic (exact) mass is 514 g/mol. The molecule has 10 nitrogen and oxygen atoms in total. The zero-order chi connectivity index (χ0) is 26.5. The van der Waals surface area contributed by atoms with Crippen LogP contribution in [0, 0.1) is 5.41 Å². The van der Waals surface area contributed by atoms with E-state index in [9.17, 15) is 13.2 Å². The molecule has 3 N–H and O–H groups in total. The number of aryl methyl sites for hydroxylation is 1. The van der Waals surface area contributed by atoms with E-state index < -0.39 is 10.0 Å². The van der Waals surface area contributed by atoms with E-state index in [0.29, 0.717) is 49.4 Å². The number of sulfonamides is 1. The number of rotatable bonds is 12. The van der Waals surface area contributed by atoms with Gasteiger partial charge in [-0.05, 0) is 44.8 Å². The summed E-state index contributed by atoms with van der Waals surface area (Å²) < 4.78 is 33.5.